The average molecular weight is 364 g/mol. The van der Waals surface area contributed by atoms with Gasteiger partial charge in [-0.2, -0.15) is 11.8 Å². The quantitative estimate of drug-likeness (QED) is 0.741. The molecule has 1 aliphatic heterocycles. The highest BCUT2D eigenvalue weighted by atomic mass is 35.5. The standard InChI is InChI=1S/C20H25NOS.ClH/c1-3-8-18(9-4-1)20(19-10-5-2-6-11-19)22-15-13-21-12-7-16-23-17-14-21;/h1-6,8-11,20H,7,12-17H2;1H. The van der Waals surface area contributed by atoms with Crippen LogP contribution in [0.5, 0.6) is 0 Å². The van der Waals surface area contributed by atoms with Gasteiger partial charge in [0.25, 0.3) is 0 Å². The van der Waals surface area contributed by atoms with Crippen LogP contribution >= 0.6 is 24.2 Å². The molecule has 2 aromatic rings. The zero-order valence-electron chi connectivity index (χ0n) is 14.0. The number of hydrogen-bond donors (Lipinski definition) is 0. The predicted octanol–water partition coefficient (Wildman–Crippen LogP) is 4.65. The fraction of sp³-hybridized carbons (Fsp3) is 0.400. The van der Waals surface area contributed by atoms with Gasteiger partial charge in [-0.25, -0.2) is 0 Å². The van der Waals surface area contributed by atoms with Crippen molar-refractivity contribution in [3.63, 3.8) is 0 Å². The topological polar surface area (TPSA) is 12.5 Å². The molecule has 0 spiro atoms. The molecule has 0 radical (unpaired) electrons. The average Bonchev–Trinajstić information content (AvgIpc) is 2.89. The van der Waals surface area contributed by atoms with Gasteiger partial charge in [-0.15, -0.1) is 12.4 Å². The molecule has 0 N–H and O–H groups in total. The van der Waals surface area contributed by atoms with Gasteiger partial charge in [0.2, 0.25) is 0 Å². The summed E-state index contributed by atoms with van der Waals surface area (Å²) in [6, 6.07) is 21.1. The van der Waals surface area contributed by atoms with Gasteiger partial charge in [-0.3, -0.25) is 0 Å². The maximum absolute atomic E-state index is 6.31. The number of benzene rings is 2. The summed E-state index contributed by atoms with van der Waals surface area (Å²) in [5.41, 5.74) is 2.45. The van der Waals surface area contributed by atoms with Crippen LogP contribution in [0.25, 0.3) is 0 Å². The molecule has 0 aromatic heterocycles. The Morgan fingerprint density at radius 1 is 0.875 bits per heavy atom. The highest BCUT2D eigenvalue weighted by molar-refractivity contribution is 7.99. The monoisotopic (exact) mass is 363 g/mol. The summed E-state index contributed by atoms with van der Waals surface area (Å²) < 4.78 is 6.31. The number of nitrogens with zero attached hydrogens (tertiary/aromatic N) is 1. The zero-order valence-corrected chi connectivity index (χ0v) is 15.6. The van der Waals surface area contributed by atoms with Gasteiger partial charge < -0.3 is 9.64 Å². The van der Waals surface area contributed by atoms with Crippen molar-refractivity contribution in [1.29, 1.82) is 0 Å². The molecule has 0 aliphatic carbocycles. The molecule has 130 valence electrons. The molecule has 4 heteroatoms. The summed E-state index contributed by atoms with van der Waals surface area (Å²) in [6.07, 6.45) is 1.32. The lowest BCUT2D eigenvalue weighted by Crippen LogP contribution is -2.30. The van der Waals surface area contributed by atoms with E-state index in [0.717, 1.165) is 13.2 Å². The minimum atomic E-state index is 0. The number of halogens is 1. The molecule has 0 atom stereocenters. The molecule has 1 saturated heterocycles. The Bertz CT molecular complexity index is 519. The van der Waals surface area contributed by atoms with Crippen LogP contribution in [0.15, 0.2) is 60.7 Å². The van der Waals surface area contributed by atoms with E-state index in [4.69, 9.17) is 4.74 Å². The summed E-state index contributed by atoms with van der Waals surface area (Å²) in [5, 5.41) is 0. The SMILES string of the molecule is Cl.c1ccc(C(OCCN2CCCSCC2)c2ccccc2)cc1. The third-order valence-corrected chi connectivity index (χ3v) is 5.26. The van der Waals surface area contributed by atoms with Crippen molar-refractivity contribution in [3.8, 4) is 0 Å². The van der Waals surface area contributed by atoms with Crippen LogP contribution in [0.3, 0.4) is 0 Å². The Hall–Kier alpha value is -1.00. The van der Waals surface area contributed by atoms with Crippen molar-refractivity contribution in [2.45, 2.75) is 12.5 Å². The second-order valence-corrected chi connectivity index (χ2v) is 7.10. The van der Waals surface area contributed by atoms with Gasteiger partial charge in [0.05, 0.1) is 6.61 Å². The van der Waals surface area contributed by atoms with Crippen molar-refractivity contribution in [3.05, 3.63) is 71.8 Å². The summed E-state index contributed by atoms with van der Waals surface area (Å²) in [6.45, 7) is 4.20. The van der Waals surface area contributed by atoms with E-state index in [-0.39, 0.29) is 18.5 Å². The first kappa shape index (κ1) is 19.3. The van der Waals surface area contributed by atoms with E-state index >= 15 is 0 Å². The lowest BCUT2D eigenvalue weighted by Gasteiger charge is -2.23. The Labute approximate surface area is 156 Å². The summed E-state index contributed by atoms with van der Waals surface area (Å²) in [5.74, 6) is 2.55. The predicted molar refractivity (Wildman–Crippen MR) is 106 cm³/mol. The highest BCUT2D eigenvalue weighted by Gasteiger charge is 2.15. The zero-order chi connectivity index (χ0) is 15.7. The van der Waals surface area contributed by atoms with Crippen molar-refractivity contribution in [2.24, 2.45) is 0 Å². The Morgan fingerprint density at radius 3 is 2.12 bits per heavy atom. The molecular formula is C20H26ClNOS. The highest BCUT2D eigenvalue weighted by Crippen LogP contribution is 2.25. The van der Waals surface area contributed by atoms with Crippen molar-refractivity contribution in [1.82, 2.24) is 4.90 Å². The van der Waals surface area contributed by atoms with Crippen LogP contribution in [0.4, 0.5) is 0 Å². The Balaban J connectivity index is 0.00000208. The van der Waals surface area contributed by atoms with Gasteiger partial charge >= 0.3 is 0 Å². The lowest BCUT2D eigenvalue weighted by molar-refractivity contribution is 0.0614. The second-order valence-electron chi connectivity index (χ2n) is 5.88. The van der Waals surface area contributed by atoms with Crippen LogP contribution in [0.1, 0.15) is 23.7 Å². The van der Waals surface area contributed by atoms with E-state index in [1.807, 2.05) is 0 Å². The maximum Gasteiger partial charge on any atom is 0.108 e. The number of rotatable bonds is 6. The fourth-order valence-corrected chi connectivity index (χ4v) is 3.89. The Morgan fingerprint density at radius 2 is 1.50 bits per heavy atom. The van der Waals surface area contributed by atoms with E-state index in [9.17, 15) is 0 Å². The van der Waals surface area contributed by atoms with Gasteiger partial charge in [-0.05, 0) is 29.8 Å². The van der Waals surface area contributed by atoms with E-state index in [1.54, 1.807) is 0 Å². The van der Waals surface area contributed by atoms with Crippen LogP contribution in [-0.4, -0.2) is 42.6 Å². The molecule has 1 heterocycles. The smallest absolute Gasteiger partial charge is 0.108 e. The molecular weight excluding hydrogens is 338 g/mol. The van der Waals surface area contributed by atoms with Gasteiger partial charge in [-0.1, -0.05) is 60.7 Å². The first-order chi connectivity index (χ1) is 11.4. The van der Waals surface area contributed by atoms with E-state index in [1.165, 1.54) is 42.1 Å². The molecule has 3 rings (SSSR count). The molecule has 2 nitrogen and oxygen atoms in total. The Kier molecular flexibility index (Phi) is 8.68. The molecule has 0 unspecified atom stereocenters. The lowest BCUT2D eigenvalue weighted by atomic mass is 10.0. The van der Waals surface area contributed by atoms with Gasteiger partial charge in [0.15, 0.2) is 0 Å². The van der Waals surface area contributed by atoms with Crippen molar-refractivity contribution < 1.29 is 4.74 Å². The van der Waals surface area contributed by atoms with E-state index < -0.39 is 0 Å². The second kappa shape index (κ2) is 10.8. The minimum Gasteiger partial charge on any atom is -0.367 e. The third kappa shape index (κ3) is 5.82. The normalized spacial score (nSPS) is 15.7. The summed E-state index contributed by atoms with van der Waals surface area (Å²) >= 11 is 2.07. The first-order valence-electron chi connectivity index (χ1n) is 8.45. The van der Waals surface area contributed by atoms with Crippen LogP contribution in [0, 0.1) is 0 Å². The molecule has 24 heavy (non-hydrogen) atoms. The number of hydrogen-bond acceptors (Lipinski definition) is 3. The molecule has 0 saturated carbocycles. The number of ether oxygens (including phenoxy) is 1. The molecule has 1 aliphatic rings. The van der Waals surface area contributed by atoms with Crippen molar-refractivity contribution >= 4 is 24.2 Å². The van der Waals surface area contributed by atoms with Crippen LogP contribution < -0.4 is 0 Å². The molecule has 0 amide bonds. The van der Waals surface area contributed by atoms with Gasteiger partial charge in [0, 0.05) is 18.8 Å². The van der Waals surface area contributed by atoms with Crippen molar-refractivity contribution in [2.75, 3.05) is 37.7 Å². The van der Waals surface area contributed by atoms with Gasteiger partial charge in [0.1, 0.15) is 6.10 Å². The maximum atomic E-state index is 6.31. The van der Waals surface area contributed by atoms with Crippen LogP contribution in [-0.2, 0) is 4.74 Å². The van der Waals surface area contributed by atoms with E-state index in [0.29, 0.717) is 0 Å². The first-order valence-corrected chi connectivity index (χ1v) is 9.60. The number of thioether (sulfide) groups is 1. The fourth-order valence-electron chi connectivity index (χ4n) is 2.96. The molecule has 0 bridgehead atoms. The molecule has 2 aromatic carbocycles. The summed E-state index contributed by atoms with van der Waals surface area (Å²) in [7, 11) is 0. The minimum absolute atomic E-state index is 0. The van der Waals surface area contributed by atoms with Crippen LogP contribution in [0.2, 0.25) is 0 Å². The summed E-state index contributed by atoms with van der Waals surface area (Å²) in [4.78, 5) is 2.53. The largest absolute Gasteiger partial charge is 0.367 e. The molecule has 1 fully saturated rings. The van der Waals surface area contributed by atoms with E-state index in [2.05, 4.69) is 77.3 Å². The third-order valence-electron chi connectivity index (χ3n) is 4.21.